The highest BCUT2D eigenvalue weighted by atomic mass is 35.5. The van der Waals surface area contributed by atoms with Crippen molar-refractivity contribution in [2.45, 2.75) is 56.1 Å². The zero-order valence-corrected chi connectivity index (χ0v) is 24.9. The van der Waals surface area contributed by atoms with Crippen LogP contribution in [0.3, 0.4) is 0 Å². The van der Waals surface area contributed by atoms with Gasteiger partial charge in [0.1, 0.15) is 6.04 Å². The fourth-order valence-corrected chi connectivity index (χ4v) is 6.55. The molecule has 2 amide bonds. The van der Waals surface area contributed by atoms with E-state index >= 15 is 0 Å². The number of halogens is 2. The highest BCUT2D eigenvalue weighted by molar-refractivity contribution is 6.42. The number of nitrogens with two attached hydrogens (primary N) is 1. The van der Waals surface area contributed by atoms with Crippen LogP contribution in [-0.4, -0.2) is 65.9 Å². The second kappa shape index (κ2) is 13.4. The average molecular weight is 594 g/mol. The van der Waals surface area contributed by atoms with Crippen LogP contribution in [0.2, 0.25) is 10.0 Å². The standard InChI is InChI=1S/C33H38Cl2N4O2/c1-22(36)32(40)37-31(17-23-12-13-29(34)30(35)16-23)33(41)39-20-27(25-10-6-3-7-11-25)18-28(39)21-38-15-14-26(19-38)24-8-4-2-5-9-24/h2-13,16,22,26-28,31H,14-15,17-21,36H2,1H3,(H,37,40)/t22?,26?,27-,28-,31?/m0/s1. The Hall–Kier alpha value is -2.90. The normalized spacial score (nSPS) is 22.4. The SMILES string of the molecule is CC(N)C(=O)NC(Cc1ccc(Cl)c(Cl)c1)C(=O)N1C[C@@H](c2ccccc2)C[C@H]1CN1CCC(c2ccccc2)C1. The van der Waals surface area contributed by atoms with Gasteiger partial charge in [-0.3, -0.25) is 9.59 Å². The molecule has 2 heterocycles. The van der Waals surface area contributed by atoms with Crippen LogP contribution in [-0.2, 0) is 16.0 Å². The number of nitrogens with one attached hydrogen (secondary N) is 1. The van der Waals surface area contributed by atoms with Gasteiger partial charge in [0, 0.05) is 38.0 Å². The number of rotatable bonds is 9. The van der Waals surface area contributed by atoms with Gasteiger partial charge in [0.15, 0.2) is 0 Å². The van der Waals surface area contributed by atoms with Gasteiger partial charge in [0.05, 0.1) is 16.1 Å². The lowest BCUT2D eigenvalue weighted by Gasteiger charge is -2.32. The lowest BCUT2D eigenvalue weighted by molar-refractivity contribution is -0.137. The summed E-state index contributed by atoms with van der Waals surface area (Å²) in [5.41, 5.74) is 9.32. The molecule has 2 aliphatic rings. The van der Waals surface area contributed by atoms with Crippen LogP contribution in [0.5, 0.6) is 0 Å². The molecule has 2 saturated heterocycles. The molecule has 0 aliphatic carbocycles. The number of carbonyl (C=O) groups is 2. The van der Waals surface area contributed by atoms with Crippen molar-refractivity contribution in [3.63, 3.8) is 0 Å². The quantitative estimate of drug-likeness (QED) is 0.356. The Kier molecular flexibility index (Phi) is 9.66. The summed E-state index contributed by atoms with van der Waals surface area (Å²) < 4.78 is 0. The van der Waals surface area contributed by atoms with Gasteiger partial charge in [0.25, 0.3) is 0 Å². The molecule has 0 saturated carbocycles. The lowest BCUT2D eigenvalue weighted by Crippen LogP contribution is -2.55. The summed E-state index contributed by atoms with van der Waals surface area (Å²) in [7, 11) is 0. The van der Waals surface area contributed by atoms with Crippen LogP contribution in [0.15, 0.2) is 78.9 Å². The molecule has 8 heteroatoms. The summed E-state index contributed by atoms with van der Waals surface area (Å²) in [4.78, 5) is 31.5. The molecule has 5 rings (SSSR count). The van der Waals surface area contributed by atoms with Gasteiger partial charge >= 0.3 is 0 Å². The summed E-state index contributed by atoms with van der Waals surface area (Å²) in [5, 5.41) is 3.79. The summed E-state index contributed by atoms with van der Waals surface area (Å²) in [6.45, 7) is 5.01. The van der Waals surface area contributed by atoms with E-state index in [1.165, 1.54) is 11.1 Å². The highest BCUT2D eigenvalue weighted by Gasteiger charge is 2.40. The molecule has 0 spiro atoms. The first-order valence-corrected chi connectivity index (χ1v) is 15.2. The number of hydrogen-bond donors (Lipinski definition) is 2. The fourth-order valence-electron chi connectivity index (χ4n) is 6.23. The van der Waals surface area contributed by atoms with Gasteiger partial charge in [-0.2, -0.15) is 0 Å². The van der Waals surface area contributed by atoms with Crippen LogP contribution >= 0.6 is 23.2 Å². The first-order valence-electron chi connectivity index (χ1n) is 14.4. The van der Waals surface area contributed by atoms with E-state index in [4.69, 9.17) is 28.9 Å². The van der Waals surface area contributed by atoms with Crippen molar-refractivity contribution in [3.05, 3.63) is 106 Å². The number of hydrogen-bond acceptors (Lipinski definition) is 4. The molecule has 2 fully saturated rings. The summed E-state index contributed by atoms with van der Waals surface area (Å²) in [6, 6.07) is 24.9. The molecule has 3 aromatic rings. The first kappa shape index (κ1) is 29.6. The van der Waals surface area contributed by atoms with Gasteiger partial charge in [0.2, 0.25) is 11.8 Å². The number of carbonyl (C=O) groups excluding carboxylic acids is 2. The zero-order chi connectivity index (χ0) is 28.9. The topological polar surface area (TPSA) is 78.7 Å². The molecule has 0 radical (unpaired) electrons. The number of benzene rings is 3. The van der Waals surface area contributed by atoms with Crippen molar-refractivity contribution in [2.24, 2.45) is 5.73 Å². The molecular formula is C33H38Cl2N4O2. The smallest absolute Gasteiger partial charge is 0.245 e. The Bertz CT molecular complexity index is 1340. The second-order valence-corrected chi connectivity index (χ2v) is 12.3. The van der Waals surface area contributed by atoms with Crippen LogP contribution in [0, 0.1) is 0 Å². The van der Waals surface area contributed by atoms with E-state index in [0.717, 1.165) is 38.0 Å². The van der Waals surface area contributed by atoms with Crippen LogP contribution in [0.25, 0.3) is 0 Å². The van der Waals surface area contributed by atoms with Crippen LogP contribution in [0.4, 0.5) is 0 Å². The van der Waals surface area contributed by atoms with Crippen molar-refractivity contribution in [1.82, 2.24) is 15.1 Å². The molecule has 0 aromatic heterocycles. The Morgan fingerprint density at radius 2 is 1.59 bits per heavy atom. The second-order valence-electron chi connectivity index (χ2n) is 11.4. The van der Waals surface area contributed by atoms with E-state index in [2.05, 4.69) is 64.8 Å². The average Bonchev–Trinajstić information content (AvgIpc) is 3.63. The molecule has 2 aliphatic heterocycles. The van der Waals surface area contributed by atoms with E-state index in [9.17, 15) is 9.59 Å². The van der Waals surface area contributed by atoms with E-state index in [1.807, 2.05) is 17.0 Å². The molecule has 5 atom stereocenters. The van der Waals surface area contributed by atoms with Gasteiger partial charge < -0.3 is 20.9 Å². The summed E-state index contributed by atoms with van der Waals surface area (Å²) >= 11 is 12.4. The minimum atomic E-state index is -0.765. The van der Waals surface area contributed by atoms with Crippen LogP contribution < -0.4 is 11.1 Å². The third-order valence-electron chi connectivity index (χ3n) is 8.43. The fraction of sp³-hybridized carbons (Fsp3) is 0.394. The number of amides is 2. The molecule has 3 aromatic carbocycles. The molecule has 6 nitrogen and oxygen atoms in total. The maximum Gasteiger partial charge on any atom is 0.245 e. The van der Waals surface area contributed by atoms with E-state index in [-0.39, 0.29) is 23.8 Å². The molecular weight excluding hydrogens is 555 g/mol. The van der Waals surface area contributed by atoms with E-state index in [1.54, 1.807) is 19.1 Å². The number of nitrogens with zero attached hydrogens (tertiary/aromatic N) is 2. The summed E-state index contributed by atoms with van der Waals surface area (Å²) in [6.07, 6.45) is 2.29. The van der Waals surface area contributed by atoms with Crippen molar-refractivity contribution in [2.75, 3.05) is 26.2 Å². The molecule has 41 heavy (non-hydrogen) atoms. The third-order valence-corrected chi connectivity index (χ3v) is 9.17. The van der Waals surface area contributed by atoms with E-state index in [0.29, 0.717) is 28.9 Å². The van der Waals surface area contributed by atoms with Gasteiger partial charge in [-0.25, -0.2) is 0 Å². The minimum Gasteiger partial charge on any atom is -0.343 e. The number of likely N-dealkylation sites (tertiary alicyclic amines) is 2. The third kappa shape index (κ3) is 7.31. The van der Waals surface area contributed by atoms with E-state index < -0.39 is 12.1 Å². The molecule has 3 N–H and O–H groups in total. The lowest BCUT2D eigenvalue weighted by atomic mass is 9.96. The Balaban J connectivity index is 1.37. The maximum absolute atomic E-state index is 14.3. The van der Waals surface area contributed by atoms with Gasteiger partial charge in [-0.05, 0) is 61.1 Å². The molecule has 3 unspecified atom stereocenters. The Labute approximate surface area is 252 Å². The molecule has 0 bridgehead atoms. The first-order chi connectivity index (χ1) is 19.8. The van der Waals surface area contributed by atoms with Crippen molar-refractivity contribution in [1.29, 1.82) is 0 Å². The predicted octanol–water partition coefficient (Wildman–Crippen LogP) is 5.24. The highest BCUT2D eigenvalue weighted by Crippen LogP contribution is 2.35. The van der Waals surface area contributed by atoms with Crippen molar-refractivity contribution < 1.29 is 9.59 Å². The van der Waals surface area contributed by atoms with Crippen molar-refractivity contribution in [3.8, 4) is 0 Å². The Morgan fingerprint density at radius 3 is 2.22 bits per heavy atom. The van der Waals surface area contributed by atoms with Gasteiger partial charge in [-0.15, -0.1) is 0 Å². The summed E-state index contributed by atoms with van der Waals surface area (Å²) in [5.74, 6) is 0.281. The largest absolute Gasteiger partial charge is 0.343 e. The molecule has 216 valence electrons. The van der Waals surface area contributed by atoms with Crippen LogP contribution in [0.1, 0.15) is 48.3 Å². The minimum absolute atomic E-state index is 0.0331. The van der Waals surface area contributed by atoms with Gasteiger partial charge in [-0.1, -0.05) is 89.9 Å². The monoisotopic (exact) mass is 592 g/mol. The maximum atomic E-state index is 14.3. The van der Waals surface area contributed by atoms with Crippen molar-refractivity contribution >= 4 is 35.0 Å². The zero-order valence-electron chi connectivity index (χ0n) is 23.4. The Morgan fingerprint density at radius 1 is 0.927 bits per heavy atom. The predicted molar refractivity (Wildman–Crippen MR) is 165 cm³/mol.